The maximum atomic E-state index is 5.26. The number of nitrogens with zero attached hydrogens (tertiary/aromatic N) is 1. The first-order valence-corrected chi connectivity index (χ1v) is 6.35. The molecule has 17 heavy (non-hydrogen) atoms. The predicted molar refractivity (Wildman–Crippen MR) is 70.4 cm³/mol. The molecule has 1 aliphatic rings. The van der Waals surface area contributed by atoms with Crippen molar-refractivity contribution in [3.05, 3.63) is 29.8 Å². The topological polar surface area (TPSA) is 24.5 Å². The quantitative estimate of drug-likeness (QED) is 0.842. The van der Waals surface area contributed by atoms with Crippen molar-refractivity contribution in [1.82, 2.24) is 10.2 Å². The summed E-state index contributed by atoms with van der Waals surface area (Å²) in [6, 6.07) is 9.06. The summed E-state index contributed by atoms with van der Waals surface area (Å²) < 4.78 is 5.26. The van der Waals surface area contributed by atoms with Gasteiger partial charge in [0.05, 0.1) is 7.11 Å². The third-order valence-electron chi connectivity index (χ3n) is 3.46. The minimum absolute atomic E-state index is 0.686. The fourth-order valence-corrected chi connectivity index (χ4v) is 2.58. The Kier molecular flexibility index (Phi) is 4.40. The van der Waals surface area contributed by atoms with Gasteiger partial charge in [-0.1, -0.05) is 12.1 Å². The molecular weight excluding hydrogens is 212 g/mol. The minimum Gasteiger partial charge on any atom is -0.497 e. The van der Waals surface area contributed by atoms with E-state index in [1.165, 1.54) is 24.9 Å². The van der Waals surface area contributed by atoms with Gasteiger partial charge >= 0.3 is 0 Å². The Labute approximate surface area is 104 Å². The molecule has 1 saturated heterocycles. The second-order valence-corrected chi connectivity index (χ2v) is 4.68. The van der Waals surface area contributed by atoms with Crippen LogP contribution in [0.15, 0.2) is 24.3 Å². The molecule has 0 saturated carbocycles. The van der Waals surface area contributed by atoms with E-state index in [0.29, 0.717) is 6.04 Å². The zero-order valence-corrected chi connectivity index (χ0v) is 10.8. The molecule has 0 aromatic heterocycles. The number of hydrogen-bond donors (Lipinski definition) is 1. The number of methoxy groups -OCH3 is 1. The summed E-state index contributed by atoms with van der Waals surface area (Å²) in [5.74, 6) is 0.951. The third-order valence-corrected chi connectivity index (χ3v) is 3.46. The molecule has 1 fully saturated rings. The lowest BCUT2D eigenvalue weighted by molar-refractivity contribution is 0.242. The zero-order valence-electron chi connectivity index (χ0n) is 10.8. The summed E-state index contributed by atoms with van der Waals surface area (Å²) in [7, 11) is 3.75. The van der Waals surface area contributed by atoms with Crippen LogP contribution >= 0.6 is 0 Å². The van der Waals surface area contributed by atoms with Gasteiger partial charge in [-0.15, -0.1) is 0 Å². The lowest BCUT2D eigenvalue weighted by Crippen LogP contribution is -2.36. The van der Waals surface area contributed by atoms with Crippen molar-refractivity contribution < 1.29 is 4.74 Å². The van der Waals surface area contributed by atoms with Gasteiger partial charge in [0.25, 0.3) is 0 Å². The molecule has 0 bridgehead atoms. The molecule has 94 valence electrons. The molecule has 3 heteroatoms. The summed E-state index contributed by atoms with van der Waals surface area (Å²) in [5, 5.41) is 3.28. The van der Waals surface area contributed by atoms with E-state index in [9.17, 15) is 0 Å². The molecule has 2 rings (SSSR count). The molecule has 1 unspecified atom stereocenters. The molecule has 0 amide bonds. The number of likely N-dealkylation sites (N-methyl/N-ethyl adjacent to an activating group) is 1. The molecule has 1 aromatic rings. The van der Waals surface area contributed by atoms with Crippen LogP contribution < -0.4 is 10.1 Å². The van der Waals surface area contributed by atoms with Crippen LogP contribution in [0.3, 0.4) is 0 Å². The third kappa shape index (κ3) is 3.20. The van der Waals surface area contributed by atoms with E-state index in [4.69, 9.17) is 4.74 Å². The van der Waals surface area contributed by atoms with Gasteiger partial charge < -0.3 is 10.1 Å². The maximum absolute atomic E-state index is 5.26. The fraction of sp³-hybridized carbons (Fsp3) is 0.571. The highest BCUT2D eigenvalue weighted by Crippen LogP contribution is 2.21. The molecule has 0 spiro atoms. The second kappa shape index (κ2) is 6.03. The number of hydrogen-bond acceptors (Lipinski definition) is 3. The molecule has 1 N–H and O–H groups in total. The SMILES string of the molecule is CNCC1CCCN1Cc1cccc(OC)c1. The van der Waals surface area contributed by atoms with E-state index in [0.717, 1.165) is 18.8 Å². The van der Waals surface area contributed by atoms with Crippen molar-refractivity contribution >= 4 is 0 Å². The van der Waals surface area contributed by atoms with Gasteiger partial charge in [0.2, 0.25) is 0 Å². The number of likely N-dealkylation sites (tertiary alicyclic amines) is 1. The maximum Gasteiger partial charge on any atom is 0.119 e. The Hall–Kier alpha value is -1.06. The van der Waals surface area contributed by atoms with E-state index >= 15 is 0 Å². The van der Waals surface area contributed by atoms with Gasteiger partial charge in [0.15, 0.2) is 0 Å². The molecule has 0 radical (unpaired) electrons. The lowest BCUT2D eigenvalue weighted by Gasteiger charge is -2.24. The van der Waals surface area contributed by atoms with Crippen LogP contribution in [0.5, 0.6) is 5.75 Å². The van der Waals surface area contributed by atoms with E-state index in [1.807, 2.05) is 13.1 Å². The molecule has 1 aliphatic heterocycles. The summed E-state index contributed by atoms with van der Waals surface area (Å²) in [6.07, 6.45) is 2.63. The van der Waals surface area contributed by atoms with E-state index < -0.39 is 0 Å². The Morgan fingerprint density at radius 3 is 3.12 bits per heavy atom. The Morgan fingerprint density at radius 2 is 2.35 bits per heavy atom. The molecule has 0 aliphatic carbocycles. The van der Waals surface area contributed by atoms with Crippen molar-refractivity contribution in [2.75, 3.05) is 27.2 Å². The van der Waals surface area contributed by atoms with Crippen molar-refractivity contribution in [3.8, 4) is 5.75 Å². The number of ether oxygens (including phenoxy) is 1. The first kappa shape index (κ1) is 12.4. The summed E-state index contributed by atoms with van der Waals surface area (Å²) >= 11 is 0. The number of rotatable bonds is 5. The number of benzene rings is 1. The largest absolute Gasteiger partial charge is 0.497 e. The van der Waals surface area contributed by atoms with Gasteiger partial charge in [-0.2, -0.15) is 0 Å². The standard InChI is InChI=1S/C14H22N2O/c1-15-10-13-6-4-8-16(13)11-12-5-3-7-14(9-12)17-2/h3,5,7,9,13,15H,4,6,8,10-11H2,1-2H3. The van der Waals surface area contributed by atoms with Gasteiger partial charge in [-0.3, -0.25) is 4.90 Å². The average molecular weight is 234 g/mol. The highest BCUT2D eigenvalue weighted by molar-refractivity contribution is 5.28. The minimum atomic E-state index is 0.686. The molecule has 3 nitrogen and oxygen atoms in total. The van der Waals surface area contributed by atoms with Crippen LogP contribution in [0.25, 0.3) is 0 Å². The van der Waals surface area contributed by atoms with E-state index in [2.05, 4.69) is 28.4 Å². The van der Waals surface area contributed by atoms with Crippen LogP contribution in [-0.4, -0.2) is 38.2 Å². The van der Waals surface area contributed by atoms with Crippen molar-refractivity contribution in [2.24, 2.45) is 0 Å². The van der Waals surface area contributed by atoms with Gasteiger partial charge in [0, 0.05) is 19.1 Å². The highest BCUT2D eigenvalue weighted by atomic mass is 16.5. The van der Waals surface area contributed by atoms with Crippen LogP contribution in [0.1, 0.15) is 18.4 Å². The van der Waals surface area contributed by atoms with E-state index in [-0.39, 0.29) is 0 Å². The van der Waals surface area contributed by atoms with Crippen LogP contribution in [0.4, 0.5) is 0 Å². The fourth-order valence-electron chi connectivity index (χ4n) is 2.58. The lowest BCUT2D eigenvalue weighted by atomic mass is 10.1. The molecule has 1 heterocycles. The summed E-state index contributed by atoms with van der Waals surface area (Å²) in [4.78, 5) is 2.56. The first-order chi connectivity index (χ1) is 8.33. The monoisotopic (exact) mass is 234 g/mol. The Balaban J connectivity index is 1.99. The average Bonchev–Trinajstić information content (AvgIpc) is 2.78. The van der Waals surface area contributed by atoms with Crippen LogP contribution in [0, 0.1) is 0 Å². The molecule has 1 aromatic carbocycles. The van der Waals surface area contributed by atoms with Crippen molar-refractivity contribution in [3.63, 3.8) is 0 Å². The highest BCUT2D eigenvalue weighted by Gasteiger charge is 2.23. The summed E-state index contributed by atoms with van der Waals surface area (Å²) in [6.45, 7) is 3.33. The van der Waals surface area contributed by atoms with Crippen LogP contribution in [-0.2, 0) is 6.54 Å². The normalized spacial score (nSPS) is 20.7. The van der Waals surface area contributed by atoms with Crippen LogP contribution in [0.2, 0.25) is 0 Å². The zero-order chi connectivity index (χ0) is 12.1. The second-order valence-electron chi connectivity index (χ2n) is 4.68. The van der Waals surface area contributed by atoms with Gasteiger partial charge in [0.1, 0.15) is 5.75 Å². The molecular formula is C14H22N2O. The first-order valence-electron chi connectivity index (χ1n) is 6.35. The smallest absolute Gasteiger partial charge is 0.119 e. The van der Waals surface area contributed by atoms with Gasteiger partial charge in [-0.25, -0.2) is 0 Å². The van der Waals surface area contributed by atoms with Crippen molar-refractivity contribution in [2.45, 2.75) is 25.4 Å². The predicted octanol–water partition coefficient (Wildman–Crippen LogP) is 1.88. The Morgan fingerprint density at radius 1 is 1.47 bits per heavy atom. The van der Waals surface area contributed by atoms with Crippen molar-refractivity contribution in [1.29, 1.82) is 0 Å². The van der Waals surface area contributed by atoms with Gasteiger partial charge in [-0.05, 0) is 44.1 Å². The summed E-state index contributed by atoms with van der Waals surface area (Å²) in [5.41, 5.74) is 1.34. The molecule has 1 atom stereocenters. The van der Waals surface area contributed by atoms with E-state index in [1.54, 1.807) is 7.11 Å². The Bertz CT molecular complexity index is 354. The number of nitrogens with one attached hydrogen (secondary N) is 1.